The van der Waals surface area contributed by atoms with Gasteiger partial charge in [0.05, 0.1) is 18.0 Å². The second-order valence-corrected chi connectivity index (χ2v) is 6.97. The normalized spacial score (nSPS) is 17.9. The number of likely N-dealkylation sites (tertiary alicyclic amines) is 1. The molecule has 26 heavy (non-hydrogen) atoms. The zero-order valence-corrected chi connectivity index (χ0v) is 15.4. The minimum atomic E-state index is -0.137. The van der Waals surface area contributed by atoms with Crippen LogP contribution in [0.15, 0.2) is 24.3 Å². The van der Waals surface area contributed by atoms with E-state index in [2.05, 4.69) is 15.6 Å². The Kier molecular flexibility index (Phi) is 5.82. The molecule has 0 saturated carbocycles. The predicted molar refractivity (Wildman–Crippen MR) is 98.4 cm³/mol. The Morgan fingerprint density at radius 1 is 1.31 bits per heavy atom. The van der Waals surface area contributed by atoms with Gasteiger partial charge in [0.2, 0.25) is 11.8 Å². The van der Waals surface area contributed by atoms with Crippen molar-refractivity contribution in [1.29, 1.82) is 0 Å². The lowest BCUT2D eigenvalue weighted by Crippen LogP contribution is -2.47. The standard InChI is InChI=1S/C18H26N6O2/c1-22(2)11-12-23-13-14(7-8-17(23)25)18(26)19-9-10-24-16-6-4-3-5-15(16)20-21-24/h3-6,14H,7-13H2,1-2H3,(H,19,26)/t14-/m1/s1. The molecule has 1 aliphatic rings. The lowest BCUT2D eigenvalue weighted by molar-refractivity contribution is -0.138. The van der Waals surface area contributed by atoms with Crippen molar-refractivity contribution in [1.82, 2.24) is 30.1 Å². The lowest BCUT2D eigenvalue weighted by Gasteiger charge is -2.32. The number of hydrogen-bond donors (Lipinski definition) is 1. The molecule has 2 amide bonds. The van der Waals surface area contributed by atoms with E-state index in [1.165, 1.54) is 0 Å². The summed E-state index contributed by atoms with van der Waals surface area (Å²) in [5.74, 6) is 0.0177. The van der Waals surface area contributed by atoms with Gasteiger partial charge in [-0.25, -0.2) is 4.68 Å². The Morgan fingerprint density at radius 3 is 2.92 bits per heavy atom. The van der Waals surface area contributed by atoms with Crippen LogP contribution in [0.2, 0.25) is 0 Å². The minimum absolute atomic E-state index is 0.0109. The van der Waals surface area contributed by atoms with Crippen LogP contribution < -0.4 is 5.32 Å². The molecular weight excluding hydrogens is 332 g/mol. The first-order valence-electron chi connectivity index (χ1n) is 9.03. The molecule has 2 aromatic rings. The van der Waals surface area contributed by atoms with E-state index in [0.29, 0.717) is 39.0 Å². The number of carbonyl (C=O) groups excluding carboxylic acids is 2. The predicted octanol–water partition coefficient (Wildman–Crippen LogP) is 0.348. The molecule has 0 bridgehead atoms. The van der Waals surface area contributed by atoms with Gasteiger partial charge in [-0.3, -0.25) is 9.59 Å². The Hall–Kier alpha value is -2.48. The Balaban J connectivity index is 1.49. The van der Waals surface area contributed by atoms with Crippen LogP contribution in [-0.4, -0.2) is 76.9 Å². The SMILES string of the molecule is CN(C)CCN1C[C@H](C(=O)NCCn2nnc3ccccc32)CCC1=O. The van der Waals surface area contributed by atoms with Gasteiger partial charge in [-0.05, 0) is 32.6 Å². The first-order valence-corrected chi connectivity index (χ1v) is 9.03. The van der Waals surface area contributed by atoms with E-state index in [-0.39, 0.29) is 17.7 Å². The Labute approximate surface area is 153 Å². The van der Waals surface area contributed by atoms with Gasteiger partial charge in [0.25, 0.3) is 0 Å². The number of aromatic nitrogens is 3. The molecule has 0 radical (unpaired) electrons. The number of nitrogens with zero attached hydrogens (tertiary/aromatic N) is 5. The smallest absolute Gasteiger partial charge is 0.224 e. The fourth-order valence-corrected chi connectivity index (χ4v) is 3.18. The van der Waals surface area contributed by atoms with Gasteiger partial charge in [-0.15, -0.1) is 5.10 Å². The highest BCUT2D eigenvalue weighted by Crippen LogP contribution is 2.17. The van der Waals surface area contributed by atoms with Crippen LogP contribution in [-0.2, 0) is 16.1 Å². The summed E-state index contributed by atoms with van der Waals surface area (Å²) in [7, 11) is 3.96. The molecule has 1 atom stereocenters. The number of nitrogens with one attached hydrogen (secondary N) is 1. The van der Waals surface area contributed by atoms with Gasteiger partial charge in [0, 0.05) is 32.6 Å². The van der Waals surface area contributed by atoms with Crippen molar-refractivity contribution in [2.75, 3.05) is 40.3 Å². The molecule has 1 aromatic heterocycles. The molecule has 0 spiro atoms. The maximum absolute atomic E-state index is 12.5. The third-order valence-electron chi connectivity index (χ3n) is 4.73. The number of fused-ring (bicyclic) bond motifs is 1. The van der Waals surface area contributed by atoms with E-state index in [4.69, 9.17) is 0 Å². The molecule has 1 aliphatic heterocycles. The fraction of sp³-hybridized carbons (Fsp3) is 0.556. The van der Waals surface area contributed by atoms with E-state index in [9.17, 15) is 9.59 Å². The first kappa shape index (κ1) is 18.3. The number of carbonyl (C=O) groups is 2. The van der Waals surface area contributed by atoms with Crippen molar-refractivity contribution < 1.29 is 9.59 Å². The number of likely N-dealkylation sites (N-methyl/N-ethyl adjacent to an activating group) is 1. The highest BCUT2D eigenvalue weighted by Gasteiger charge is 2.29. The number of piperidine rings is 1. The largest absolute Gasteiger partial charge is 0.354 e. The number of para-hydroxylation sites is 1. The van der Waals surface area contributed by atoms with E-state index >= 15 is 0 Å². The second-order valence-electron chi connectivity index (χ2n) is 6.97. The van der Waals surface area contributed by atoms with Crippen molar-refractivity contribution in [3.05, 3.63) is 24.3 Å². The number of hydrogen-bond acceptors (Lipinski definition) is 5. The van der Waals surface area contributed by atoms with Crippen LogP contribution in [0.4, 0.5) is 0 Å². The summed E-state index contributed by atoms with van der Waals surface area (Å²) in [4.78, 5) is 28.3. The summed E-state index contributed by atoms with van der Waals surface area (Å²) in [6, 6.07) is 7.75. The molecule has 0 unspecified atom stereocenters. The molecule has 8 nitrogen and oxygen atoms in total. The van der Waals surface area contributed by atoms with Gasteiger partial charge < -0.3 is 15.1 Å². The molecule has 0 aliphatic carbocycles. The molecule has 3 rings (SSSR count). The maximum Gasteiger partial charge on any atom is 0.224 e. The van der Waals surface area contributed by atoms with E-state index in [1.54, 1.807) is 9.58 Å². The molecule has 2 heterocycles. The molecule has 140 valence electrons. The third-order valence-corrected chi connectivity index (χ3v) is 4.73. The van der Waals surface area contributed by atoms with Crippen molar-refractivity contribution >= 4 is 22.8 Å². The van der Waals surface area contributed by atoms with E-state index < -0.39 is 0 Å². The molecule has 1 aromatic carbocycles. The first-order chi connectivity index (χ1) is 12.5. The number of amides is 2. The van der Waals surface area contributed by atoms with Gasteiger partial charge in [0.1, 0.15) is 5.52 Å². The zero-order chi connectivity index (χ0) is 18.5. The summed E-state index contributed by atoms with van der Waals surface area (Å²) in [5, 5.41) is 11.2. The molecule has 1 fully saturated rings. The molecule has 8 heteroatoms. The molecule has 1 saturated heterocycles. The molecular formula is C18H26N6O2. The van der Waals surface area contributed by atoms with Crippen LogP contribution in [0.1, 0.15) is 12.8 Å². The highest BCUT2D eigenvalue weighted by atomic mass is 16.2. The van der Waals surface area contributed by atoms with Crippen LogP contribution in [0, 0.1) is 5.92 Å². The summed E-state index contributed by atoms with van der Waals surface area (Å²) >= 11 is 0. The summed E-state index contributed by atoms with van der Waals surface area (Å²) in [6.07, 6.45) is 1.06. The number of benzene rings is 1. The summed E-state index contributed by atoms with van der Waals surface area (Å²) in [5.41, 5.74) is 1.81. The molecule has 1 N–H and O–H groups in total. The summed E-state index contributed by atoms with van der Waals surface area (Å²) in [6.45, 7) is 3.04. The van der Waals surface area contributed by atoms with Gasteiger partial charge in [-0.1, -0.05) is 17.3 Å². The average Bonchev–Trinajstić information content (AvgIpc) is 3.04. The number of rotatable bonds is 7. The van der Waals surface area contributed by atoms with Crippen molar-refractivity contribution in [2.45, 2.75) is 19.4 Å². The average molecular weight is 358 g/mol. The Morgan fingerprint density at radius 2 is 2.12 bits per heavy atom. The van der Waals surface area contributed by atoms with Gasteiger partial charge >= 0.3 is 0 Å². The van der Waals surface area contributed by atoms with Crippen LogP contribution >= 0.6 is 0 Å². The van der Waals surface area contributed by atoms with E-state index in [0.717, 1.165) is 17.6 Å². The van der Waals surface area contributed by atoms with Gasteiger partial charge in [-0.2, -0.15) is 0 Å². The van der Waals surface area contributed by atoms with Crippen molar-refractivity contribution in [3.8, 4) is 0 Å². The van der Waals surface area contributed by atoms with E-state index in [1.807, 2.05) is 43.3 Å². The minimum Gasteiger partial charge on any atom is -0.354 e. The van der Waals surface area contributed by atoms with Crippen LogP contribution in [0.25, 0.3) is 11.0 Å². The monoisotopic (exact) mass is 358 g/mol. The third kappa shape index (κ3) is 4.37. The lowest BCUT2D eigenvalue weighted by atomic mass is 9.96. The Bertz CT molecular complexity index is 772. The fourth-order valence-electron chi connectivity index (χ4n) is 3.18. The zero-order valence-electron chi connectivity index (χ0n) is 15.4. The second kappa shape index (κ2) is 8.27. The summed E-state index contributed by atoms with van der Waals surface area (Å²) < 4.78 is 1.80. The van der Waals surface area contributed by atoms with Crippen molar-refractivity contribution in [2.24, 2.45) is 5.92 Å². The maximum atomic E-state index is 12.5. The van der Waals surface area contributed by atoms with Crippen LogP contribution in [0.3, 0.4) is 0 Å². The van der Waals surface area contributed by atoms with Crippen molar-refractivity contribution in [3.63, 3.8) is 0 Å². The quantitative estimate of drug-likeness (QED) is 0.772. The topological polar surface area (TPSA) is 83.4 Å². The van der Waals surface area contributed by atoms with Crippen LogP contribution in [0.5, 0.6) is 0 Å². The van der Waals surface area contributed by atoms with Gasteiger partial charge in [0.15, 0.2) is 0 Å². The highest BCUT2D eigenvalue weighted by molar-refractivity contribution is 5.83.